The molecule has 1 rings (SSSR count). The van der Waals surface area contributed by atoms with Crippen molar-refractivity contribution >= 4 is 31.8 Å². The highest BCUT2D eigenvalue weighted by Crippen LogP contribution is 2.11. The topological polar surface area (TPSA) is 79.3 Å². The number of pyridine rings is 1. The summed E-state index contributed by atoms with van der Waals surface area (Å²) in [6.07, 6.45) is 1.48. The van der Waals surface area contributed by atoms with Gasteiger partial charge in [-0.05, 0) is 28.1 Å². The number of aliphatic hydroxyl groups is 1. The minimum atomic E-state index is -3.48. The van der Waals surface area contributed by atoms with Crippen molar-refractivity contribution in [2.75, 3.05) is 17.1 Å². The van der Waals surface area contributed by atoms with Crippen molar-refractivity contribution in [2.24, 2.45) is 0 Å². The van der Waals surface area contributed by atoms with E-state index in [4.69, 9.17) is 5.11 Å². The average Bonchev–Trinajstić information content (AvgIpc) is 2.08. The Kier molecular flexibility index (Phi) is 3.85. The van der Waals surface area contributed by atoms with E-state index in [1.807, 2.05) is 0 Å². The molecule has 0 aromatic carbocycles. The highest BCUT2D eigenvalue weighted by molar-refractivity contribution is 9.10. The molecule has 0 spiro atoms. The number of anilines is 1. The maximum absolute atomic E-state index is 11.2. The minimum absolute atomic E-state index is 0.238. The summed E-state index contributed by atoms with van der Waals surface area (Å²) in [5.74, 6) is -0.0910. The van der Waals surface area contributed by atoms with Crippen LogP contribution in [0.15, 0.2) is 22.8 Å². The molecule has 0 aliphatic rings. The van der Waals surface area contributed by atoms with Gasteiger partial charge in [0.1, 0.15) is 5.82 Å². The van der Waals surface area contributed by atoms with Crippen molar-refractivity contribution in [3.05, 3.63) is 22.8 Å². The highest BCUT2D eigenvalue weighted by atomic mass is 79.9. The summed E-state index contributed by atoms with van der Waals surface area (Å²) in [7, 11) is -3.48. The van der Waals surface area contributed by atoms with Gasteiger partial charge in [0.2, 0.25) is 10.0 Å². The van der Waals surface area contributed by atoms with Crippen LogP contribution in [0.4, 0.5) is 5.82 Å². The van der Waals surface area contributed by atoms with Gasteiger partial charge in [0.15, 0.2) is 0 Å². The van der Waals surface area contributed by atoms with Crippen molar-refractivity contribution in [2.45, 2.75) is 0 Å². The van der Waals surface area contributed by atoms with Crippen LogP contribution >= 0.6 is 15.9 Å². The highest BCUT2D eigenvalue weighted by Gasteiger charge is 2.09. The number of hydrogen-bond donors (Lipinski definition) is 2. The van der Waals surface area contributed by atoms with Gasteiger partial charge >= 0.3 is 0 Å². The van der Waals surface area contributed by atoms with Crippen molar-refractivity contribution in [3.63, 3.8) is 0 Å². The van der Waals surface area contributed by atoms with Crippen molar-refractivity contribution in [3.8, 4) is 0 Å². The Labute approximate surface area is 90.4 Å². The Hall–Kier alpha value is -0.660. The van der Waals surface area contributed by atoms with Gasteiger partial charge in [-0.25, -0.2) is 13.4 Å². The molecule has 0 saturated heterocycles. The number of hydrogen-bond acceptors (Lipinski definition) is 4. The van der Waals surface area contributed by atoms with Gasteiger partial charge in [0.25, 0.3) is 0 Å². The second-order valence-corrected chi connectivity index (χ2v) is 5.26. The smallest absolute Gasteiger partial charge is 0.236 e. The molecule has 0 amide bonds. The summed E-state index contributed by atoms with van der Waals surface area (Å²) in [5, 5.41) is 8.48. The van der Waals surface area contributed by atoms with Crippen LogP contribution in [0.5, 0.6) is 0 Å². The summed E-state index contributed by atoms with van der Waals surface area (Å²) in [5.41, 5.74) is 0. The molecule has 0 atom stereocenters. The molecule has 1 aromatic rings. The van der Waals surface area contributed by atoms with Gasteiger partial charge in [-0.3, -0.25) is 4.72 Å². The number of halogens is 1. The number of nitrogens with one attached hydrogen (secondary N) is 1. The lowest BCUT2D eigenvalue weighted by Crippen LogP contribution is -2.19. The Morgan fingerprint density at radius 2 is 2.21 bits per heavy atom. The lowest BCUT2D eigenvalue weighted by Gasteiger charge is -2.04. The third kappa shape index (κ3) is 3.60. The predicted molar refractivity (Wildman–Crippen MR) is 56.4 cm³/mol. The Balaban J connectivity index is 2.74. The van der Waals surface area contributed by atoms with Crippen molar-refractivity contribution in [1.82, 2.24) is 4.98 Å². The molecule has 0 aliphatic carbocycles. The van der Waals surface area contributed by atoms with E-state index in [0.717, 1.165) is 4.47 Å². The fourth-order valence-electron chi connectivity index (χ4n) is 0.767. The molecule has 14 heavy (non-hydrogen) atoms. The fraction of sp³-hybridized carbons (Fsp3) is 0.286. The van der Waals surface area contributed by atoms with Crippen molar-refractivity contribution in [1.29, 1.82) is 0 Å². The number of aromatic nitrogens is 1. The molecule has 0 radical (unpaired) electrons. The fourth-order valence-corrected chi connectivity index (χ4v) is 1.78. The van der Waals surface area contributed by atoms with E-state index >= 15 is 0 Å². The summed E-state index contributed by atoms with van der Waals surface area (Å²) >= 11 is 3.18. The molecule has 0 bridgehead atoms. The molecular formula is C7H9BrN2O3S. The van der Waals surface area contributed by atoms with Gasteiger partial charge in [0.05, 0.1) is 12.4 Å². The average molecular weight is 281 g/mol. The Morgan fingerprint density at radius 3 is 2.71 bits per heavy atom. The zero-order chi connectivity index (χ0) is 10.6. The lowest BCUT2D eigenvalue weighted by molar-refractivity contribution is 0.320. The van der Waals surface area contributed by atoms with Gasteiger partial charge in [-0.2, -0.15) is 0 Å². The van der Waals surface area contributed by atoms with E-state index in [1.165, 1.54) is 12.3 Å². The molecule has 1 aromatic heterocycles. The molecule has 78 valence electrons. The summed E-state index contributed by atoms with van der Waals surface area (Å²) in [6.45, 7) is -0.411. The predicted octanol–water partition coefficient (Wildman–Crippen LogP) is 0.578. The standard InChI is InChI=1S/C7H9BrN2O3S/c8-6-1-2-7(9-5-6)10-14(12,13)4-3-11/h1-2,5,11H,3-4H2,(H,9,10). The largest absolute Gasteiger partial charge is 0.395 e. The normalized spacial score (nSPS) is 11.3. The number of rotatable bonds is 4. The first-order valence-corrected chi connectivity index (χ1v) is 6.21. The van der Waals surface area contributed by atoms with Gasteiger partial charge in [-0.1, -0.05) is 0 Å². The third-order valence-electron chi connectivity index (χ3n) is 1.35. The molecule has 7 heteroatoms. The van der Waals surface area contributed by atoms with Crippen LogP contribution in [-0.4, -0.2) is 30.9 Å². The van der Waals surface area contributed by atoms with E-state index in [2.05, 4.69) is 25.6 Å². The second kappa shape index (κ2) is 4.72. The monoisotopic (exact) mass is 280 g/mol. The van der Waals surface area contributed by atoms with E-state index in [0.29, 0.717) is 0 Å². The Morgan fingerprint density at radius 1 is 1.50 bits per heavy atom. The zero-order valence-corrected chi connectivity index (χ0v) is 9.55. The lowest BCUT2D eigenvalue weighted by atomic mass is 10.5. The first-order valence-electron chi connectivity index (χ1n) is 3.76. The SMILES string of the molecule is O=S(=O)(CCO)Nc1ccc(Br)cn1. The van der Waals surface area contributed by atoms with Crippen LogP contribution in [-0.2, 0) is 10.0 Å². The quantitative estimate of drug-likeness (QED) is 0.846. The molecule has 5 nitrogen and oxygen atoms in total. The van der Waals surface area contributed by atoms with Crippen LogP contribution < -0.4 is 4.72 Å². The van der Waals surface area contributed by atoms with Gasteiger partial charge < -0.3 is 5.11 Å². The molecular weight excluding hydrogens is 272 g/mol. The zero-order valence-electron chi connectivity index (χ0n) is 7.14. The number of aliphatic hydroxyl groups excluding tert-OH is 1. The maximum Gasteiger partial charge on any atom is 0.236 e. The molecule has 1 heterocycles. The molecule has 0 saturated carbocycles. The second-order valence-electron chi connectivity index (χ2n) is 2.51. The van der Waals surface area contributed by atoms with E-state index < -0.39 is 16.6 Å². The van der Waals surface area contributed by atoms with E-state index in [1.54, 1.807) is 6.07 Å². The summed E-state index contributed by atoms with van der Waals surface area (Å²) in [4.78, 5) is 3.83. The summed E-state index contributed by atoms with van der Waals surface area (Å²) in [6, 6.07) is 3.20. The minimum Gasteiger partial charge on any atom is -0.395 e. The van der Waals surface area contributed by atoms with Crippen LogP contribution in [0.2, 0.25) is 0 Å². The van der Waals surface area contributed by atoms with Crippen molar-refractivity contribution < 1.29 is 13.5 Å². The van der Waals surface area contributed by atoms with Crippen LogP contribution in [0.25, 0.3) is 0 Å². The van der Waals surface area contributed by atoms with Gasteiger partial charge in [0, 0.05) is 10.7 Å². The van der Waals surface area contributed by atoms with E-state index in [9.17, 15) is 8.42 Å². The maximum atomic E-state index is 11.2. The van der Waals surface area contributed by atoms with Crippen LogP contribution in [0, 0.1) is 0 Å². The first kappa shape index (κ1) is 11.4. The van der Waals surface area contributed by atoms with Crippen LogP contribution in [0.3, 0.4) is 0 Å². The van der Waals surface area contributed by atoms with Crippen LogP contribution in [0.1, 0.15) is 0 Å². The number of sulfonamides is 1. The summed E-state index contributed by atoms with van der Waals surface area (Å²) < 4.78 is 25.3. The van der Waals surface area contributed by atoms with E-state index in [-0.39, 0.29) is 11.6 Å². The number of nitrogens with zero attached hydrogens (tertiary/aromatic N) is 1. The third-order valence-corrected chi connectivity index (χ3v) is 3.06. The van der Waals surface area contributed by atoms with Gasteiger partial charge in [-0.15, -0.1) is 0 Å². The molecule has 0 aliphatic heterocycles. The first-order chi connectivity index (χ1) is 6.53. The molecule has 0 fully saturated rings. The molecule has 0 unspecified atom stereocenters. The molecule has 2 N–H and O–H groups in total. The Bertz CT molecular complexity index is 390.